The van der Waals surface area contributed by atoms with E-state index in [1.807, 2.05) is 24.4 Å². The predicted octanol–water partition coefficient (Wildman–Crippen LogP) is 3.93. The van der Waals surface area contributed by atoms with Gasteiger partial charge in [0.1, 0.15) is 11.9 Å². The molecule has 3 fully saturated rings. The van der Waals surface area contributed by atoms with E-state index in [4.69, 9.17) is 16.3 Å². The second kappa shape index (κ2) is 9.48. The van der Waals surface area contributed by atoms with Crippen LogP contribution in [0.1, 0.15) is 72.3 Å². The number of aromatic nitrogens is 1. The van der Waals surface area contributed by atoms with Gasteiger partial charge in [-0.1, -0.05) is 18.0 Å². The van der Waals surface area contributed by atoms with Crippen LogP contribution in [0.2, 0.25) is 5.02 Å². The number of hydrogen-bond donors (Lipinski definition) is 0. The molecule has 1 aliphatic carbocycles. The highest BCUT2D eigenvalue weighted by molar-refractivity contribution is 6.30. The van der Waals surface area contributed by atoms with Gasteiger partial charge in [0.2, 0.25) is 11.8 Å². The molecule has 36 heavy (non-hydrogen) atoms. The Bertz CT molecular complexity index is 1200. The summed E-state index contributed by atoms with van der Waals surface area (Å²) in [7, 11) is 0. The van der Waals surface area contributed by atoms with E-state index in [0.717, 1.165) is 48.7 Å². The zero-order chi connectivity index (χ0) is 24.8. The molecule has 9 heteroatoms. The maximum atomic E-state index is 13.0. The van der Waals surface area contributed by atoms with Crippen LogP contribution in [0.4, 0.5) is 0 Å². The zero-order valence-corrected chi connectivity index (χ0v) is 20.8. The number of imide groups is 1. The fraction of sp³-hybridized carbons (Fsp3) is 0.481. The first-order valence-electron chi connectivity index (χ1n) is 12.8. The number of fused-ring (bicyclic) bond motifs is 1. The van der Waals surface area contributed by atoms with Crippen LogP contribution in [0.3, 0.4) is 0 Å². The summed E-state index contributed by atoms with van der Waals surface area (Å²) in [6.07, 6.45) is 9.17. The monoisotopic (exact) mass is 508 g/mol. The summed E-state index contributed by atoms with van der Waals surface area (Å²) < 4.78 is 6.52. The van der Waals surface area contributed by atoms with E-state index in [0.29, 0.717) is 29.0 Å². The van der Waals surface area contributed by atoms with Gasteiger partial charge in [0.15, 0.2) is 0 Å². The molecule has 4 aliphatic rings. The molecule has 6 rings (SSSR count). The Hall–Kier alpha value is -2.97. The molecule has 1 aromatic heterocycles. The molecule has 8 nitrogen and oxygen atoms in total. The van der Waals surface area contributed by atoms with E-state index >= 15 is 0 Å². The van der Waals surface area contributed by atoms with Crippen LogP contribution in [-0.2, 0) is 16.1 Å². The van der Waals surface area contributed by atoms with Crippen LogP contribution in [0.15, 0.2) is 36.7 Å². The van der Waals surface area contributed by atoms with Crippen molar-refractivity contribution in [3.05, 3.63) is 58.4 Å². The minimum atomic E-state index is -0.310. The lowest BCUT2D eigenvalue weighted by Crippen LogP contribution is -2.57. The molecular formula is C27H29ClN4O4. The predicted molar refractivity (Wildman–Crippen MR) is 132 cm³/mol. The molecule has 0 radical (unpaired) electrons. The van der Waals surface area contributed by atoms with E-state index in [9.17, 15) is 14.4 Å². The Balaban J connectivity index is 1.13. The van der Waals surface area contributed by atoms with Gasteiger partial charge in [-0.25, -0.2) is 5.01 Å². The summed E-state index contributed by atoms with van der Waals surface area (Å²) in [5, 5.41) is 3.00. The van der Waals surface area contributed by atoms with Gasteiger partial charge in [0, 0.05) is 55.8 Å². The Kier molecular flexibility index (Phi) is 6.17. The van der Waals surface area contributed by atoms with E-state index in [2.05, 4.69) is 9.88 Å². The molecular weight excluding hydrogens is 480 g/mol. The van der Waals surface area contributed by atoms with Crippen molar-refractivity contribution in [2.45, 2.75) is 69.6 Å². The van der Waals surface area contributed by atoms with Crippen LogP contribution in [0.25, 0.3) is 0 Å². The zero-order valence-electron chi connectivity index (χ0n) is 20.1. The fourth-order valence-electron chi connectivity index (χ4n) is 5.98. The molecule has 0 spiro atoms. The molecule has 0 bridgehead atoms. The maximum absolute atomic E-state index is 13.0. The number of amides is 3. The van der Waals surface area contributed by atoms with Crippen molar-refractivity contribution in [1.82, 2.24) is 19.9 Å². The van der Waals surface area contributed by atoms with Gasteiger partial charge >= 0.3 is 0 Å². The Morgan fingerprint density at radius 2 is 1.72 bits per heavy atom. The third kappa shape index (κ3) is 4.26. The molecule has 2 aromatic rings. The molecule has 2 saturated heterocycles. The number of nitrogens with zero attached hydrogens (tertiary/aromatic N) is 4. The second-order valence-electron chi connectivity index (χ2n) is 10.2. The maximum Gasteiger partial charge on any atom is 0.273 e. The first-order valence-corrected chi connectivity index (χ1v) is 13.2. The van der Waals surface area contributed by atoms with Crippen molar-refractivity contribution in [1.29, 1.82) is 0 Å². The normalized spacial score (nSPS) is 25.2. The molecule has 2 atom stereocenters. The van der Waals surface area contributed by atoms with Crippen molar-refractivity contribution in [3.63, 3.8) is 0 Å². The van der Waals surface area contributed by atoms with E-state index in [-0.39, 0.29) is 43.2 Å². The largest absolute Gasteiger partial charge is 0.489 e. The highest BCUT2D eigenvalue weighted by Crippen LogP contribution is 2.37. The molecule has 1 saturated carbocycles. The number of hydrogen-bond acceptors (Lipinski definition) is 6. The first-order chi connectivity index (χ1) is 17.5. The van der Waals surface area contributed by atoms with Gasteiger partial charge in [0.25, 0.3) is 5.91 Å². The SMILES string of the molecule is O=C1c2ccc(O[C@@H]3CCCC[C@@H]3N3CC(c4cncc(Cl)c4)C3)cc2CN1N1C(=O)CCCC1=O. The molecule has 188 valence electrons. The second-order valence-corrected chi connectivity index (χ2v) is 10.7. The molecule has 4 heterocycles. The van der Waals surface area contributed by atoms with Crippen molar-refractivity contribution in [3.8, 4) is 5.75 Å². The van der Waals surface area contributed by atoms with Crippen LogP contribution >= 0.6 is 11.6 Å². The smallest absolute Gasteiger partial charge is 0.273 e. The van der Waals surface area contributed by atoms with Crippen molar-refractivity contribution < 1.29 is 19.1 Å². The molecule has 0 N–H and O–H groups in total. The van der Waals surface area contributed by atoms with Gasteiger partial charge < -0.3 is 4.74 Å². The van der Waals surface area contributed by atoms with Crippen molar-refractivity contribution >= 4 is 29.3 Å². The molecule has 3 amide bonds. The number of ether oxygens (including phenoxy) is 1. The summed E-state index contributed by atoms with van der Waals surface area (Å²) in [5.74, 6) is 0.243. The number of benzene rings is 1. The quantitative estimate of drug-likeness (QED) is 0.569. The molecule has 3 aliphatic heterocycles. The van der Waals surface area contributed by atoms with E-state index in [1.54, 1.807) is 12.3 Å². The van der Waals surface area contributed by atoms with Crippen LogP contribution in [-0.4, -0.2) is 62.9 Å². The number of carbonyl (C=O) groups is 3. The third-order valence-electron chi connectivity index (χ3n) is 7.89. The number of hydrazine groups is 1. The third-order valence-corrected chi connectivity index (χ3v) is 8.09. The van der Waals surface area contributed by atoms with Crippen molar-refractivity contribution in [2.24, 2.45) is 0 Å². The van der Waals surface area contributed by atoms with Crippen LogP contribution < -0.4 is 4.74 Å². The van der Waals surface area contributed by atoms with Crippen LogP contribution in [0.5, 0.6) is 5.75 Å². The lowest BCUT2D eigenvalue weighted by Gasteiger charge is -2.48. The van der Waals surface area contributed by atoms with Crippen LogP contribution in [0, 0.1) is 0 Å². The van der Waals surface area contributed by atoms with Crippen molar-refractivity contribution in [2.75, 3.05) is 13.1 Å². The van der Waals surface area contributed by atoms with Gasteiger partial charge in [-0.05, 0) is 61.1 Å². The van der Waals surface area contributed by atoms with E-state index in [1.165, 1.54) is 17.0 Å². The van der Waals surface area contributed by atoms with Gasteiger partial charge in [0.05, 0.1) is 11.6 Å². The summed E-state index contributed by atoms with van der Waals surface area (Å²) in [5.41, 5.74) is 2.49. The van der Waals surface area contributed by atoms with Gasteiger partial charge in [-0.2, -0.15) is 5.01 Å². The minimum Gasteiger partial charge on any atom is -0.489 e. The number of carbonyl (C=O) groups excluding carboxylic acids is 3. The Labute approximate surface area is 215 Å². The van der Waals surface area contributed by atoms with E-state index < -0.39 is 0 Å². The molecule has 1 aromatic carbocycles. The van der Waals surface area contributed by atoms with Gasteiger partial charge in [-0.15, -0.1) is 0 Å². The first kappa shape index (κ1) is 23.4. The summed E-state index contributed by atoms with van der Waals surface area (Å²) in [4.78, 5) is 44.4. The highest BCUT2D eigenvalue weighted by atomic mass is 35.5. The average molecular weight is 509 g/mol. The number of piperidine rings is 1. The van der Waals surface area contributed by atoms with Gasteiger partial charge in [-0.3, -0.25) is 24.3 Å². The summed E-state index contributed by atoms with van der Waals surface area (Å²) >= 11 is 6.13. The fourth-order valence-corrected chi connectivity index (χ4v) is 6.16. The Morgan fingerprint density at radius 3 is 2.50 bits per heavy atom. The lowest BCUT2D eigenvalue weighted by atomic mass is 9.85. The Morgan fingerprint density at radius 1 is 0.944 bits per heavy atom. The number of pyridine rings is 1. The topological polar surface area (TPSA) is 83.1 Å². The number of likely N-dealkylation sites (tertiary alicyclic amines) is 1. The molecule has 0 unspecified atom stereocenters. The number of rotatable bonds is 5. The number of halogens is 1. The average Bonchev–Trinajstić information content (AvgIpc) is 3.14. The standard InChI is InChI=1S/C27H29ClN4O4/c28-20-10-17(12-29-13-20)19-14-30(15-19)23-4-1-2-5-24(23)36-21-8-9-22-18(11-21)16-31(27(22)35)32-25(33)6-3-7-26(32)34/h8-13,19,23-24H,1-7,14-16H2/t23-,24+/m0/s1. The summed E-state index contributed by atoms with van der Waals surface area (Å²) in [6.45, 7) is 2.15. The minimum absolute atomic E-state index is 0.0775. The summed E-state index contributed by atoms with van der Waals surface area (Å²) in [6, 6.07) is 7.84. The highest BCUT2D eigenvalue weighted by Gasteiger charge is 2.41. The lowest BCUT2D eigenvalue weighted by molar-refractivity contribution is -0.163.